The molecule has 7 heteroatoms. The molecule has 1 aromatic heterocycles. The van der Waals surface area contributed by atoms with E-state index in [1.807, 2.05) is 20.8 Å². The van der Waals surface area contributed by atoms with Gasteiger partial charge in [-0.1, -0.05) is 0 Å². The molecule has 0 aliphatic heterocycles. The van der Waals surface area contributed by atoms with Gasteiger partial charge in [0.05, 0.1) is 10.5 Å². The minimum atomic E-state index is -0.460. The van der Waals surface area contributed by atoms with E-state index in [4.69, 9.17) is 0 Å². The standard InChI is InChI=1S/C14H13BrN4O2/c1-14(2,3)18-13(15)11(8-16)12(17-18)9-4-6-10(7-5-9)19(20)21/h4-7H,1-3H3. The highest BCUT2D eigenvalue weighted by molar-refractivity contribution is 9.10. The molecular formula is C14H13BrN4O2. The van der Waals surface area contributed by atoms with Crippen molar-refractivity contribution >= 4 is 21.6 Å². The Morgan fingerprint density at radius 3 is 2.33 bits per heavy atom. The van der Waals surface area contributed by atoms with Crippen LogP contribution in [-0.4, -0.2) is 14.7 Å². The number of nitriles is 1. The highest BCUT2D eigenvalue weighted by atomic mass is 79.9. The van der Waals surface area contributed by atoms with Gasteiger partial charge in [0, 0.05) is 17.7 Å². The van der Waals surface area contributed by atoms with E-state index in [1.54, 1.807) is 16.8 Å². The highest BCUT2D eigenvalue weighted by Crippen LogP contribution is 2.32. The second kappa shape index (κ2) is 5.30. The maximum Gasteiger partial charge on any atom is 0.269 e. The minimum Gasteiger partial charge on any atom is -0.258 e. The van der Waals surface area contributed by atoms with Gasteiger partial charge in [0.2, 0.25) is 0 Å². The zero-order valence-electron chi connectivity index (χ0n) is 11.8. The number of rotatable bonds is 2. The Morgan fingerprint density at radius 1 is 1.33 bits per heavy atom. The smallest absolute Gasteiger partial charge is 0.258 e. The van der Waals surface area contributed by atoms with Crippen LogP contribution in [0.1, 0.15) is 26.3 Å². The molecule has 0 aliphatic rings. The van der Waals surface area contributed by atoms with Gasteiger partial charge < -0.3 is 0 Å². The molecule has 0 amide bonds. The van der Waals surface area contributed by atoms with Crippen LogP contribution in [0.3, 0.4) is 0 Å². The quantitative estimate of drug-likeness (QED) is 0.609. The van der Waals surface area contributed by atoms with Gasteiger partial charge in [-0.25, -0.2) is 0 Å². The van der Waals surface area contributed by atoms with Crippen molar-refractivity contribution in [2.75, 3.05) is 0 Å². The van der Waals surface area contributed by atoms with Crippen LogP contribution in [0.15, 0.2) is 28.9 Å². The summed E-state index contributed by atoms with van der Waals surface area (Å²) in [5, 5.41) is 24.5. The van der Waals surface area contributed by atoms with Crippen LogP contribution < -0.4 is 0 Å². The van der Waals surface area contributed by atoms with Crippen molar-refractivity contribution in [3.05, 3.63) is 44.5 Å². The first-order valence-electron chi connectivity index (χ1n) is 6.19. The normalized spacial score (nSPS) is 11.2. The maximum absolute atomic E-state index is 10.7. The SMILES string of the molecule is CC(C)(C)n1nc(-c2ccc([N+](=O)[O-])cc2)c(C#N)c1Br. The summed E-state index contributed by atoms with van der Waals surface area (Å²) in [5.41, 5.74) is 1.31. The lowest BCUT2D eigenvalue weighted by atomic mass is 10.1. The molecule has 2 rings (SSSR count). The fourth-order valence-electron chi connectivity index (χ4n) is 1.88. The maximum atomic E-state index is 10.7. The third-order valence-corrected chi connectivity index (χ3v) is 3.66. The Balaban J connectivity index is 2.59. The van der Waals surface area contributed by atoms with Crippen LogP contribution in [0.2, 0.25) is 0 Å². The Hall–Kier alpha value is -2.20. The van der Waals surface area contributed by atoms with E-state index in [-0.39, 0.29) is 11.2 Å². The van der Waals surface area contributed by atoms with E-state index in [9.17, 15) is 15.4 Å². The summed E-state index contributed by atoms with van der Waals surface area (Å²) in [6.07, 6.45) is 0. The van der Waals surface area contributed by atoms with E-state index < -0.39 is 4.92 Å². The topological polar surface area (TPSA) is 84.8 Å². The third kappa shape index (κ3) is 2.81. The van der Waals surface area contributed by atoms with E-state index in [0.29, 0.717) is 21.4 Å². The van der Waals surface area contributed by atoms with Crippen molar-refractivity contribution in [1.29, 1.82) is 5.26 Å². The summed E-state index contributed by atoms with van der Waals surface area (Å²) in [6.45, 7) is 5.93. The number of aromatic nitrogens is 2. The minimum absolute atomic E-state index is 0.00609. The van der Waals surface area contributed by atoms with Gasteiger partial charge in [0.1, 0.15) is 21.9 Å². The number of nitrogens with zero attached hydrogens (tertiary/aromatic N) is 4. The van der Waals surface area contributed by atoms with Gasteiger partial charge in [-0.3, -0.25) is 14.8 Å². The van der Waals surface area contributed by atoms with Crippen molar-refractivity contribution in [1.82, 2.24) is 9.78 Å². The van der Waals surface area contributed by atoms with Crippen molar-refractivity contribution in [2.24, 2.45) is 0 Å². The summed E-state index contributed by atoms with van der Waals surface area (Å²) in [7, 11) is 0. The number of hydrogen-bond acceptors (Lipinski definition) is 4. The second-order valence-electron chi connectivity index (χ2n) is 5.51. The van der Waals surface area contributed by atoms with Crippen molar-refractivity contribution < 1.29 is 4.92 Å². The molecule has 0 saturated heterocycles. The lowest BCUT2D eigenvalue weighted by Gasteiger charge is -2.20. The monoisotopic (exact) mass is 348 g/mol. The Kier molecular flexibility index (Phi) is 3.83. The zero-order valence-corrected chi connectivity index (χ0v) is 13.4. The summed E-state index contributed by atoms with van der Waals surface area (Å²) in [6, 6.07) is 8.13. The molecule has 0 bridgehead atoms. The molecular weight excluding hydrogens is 336 g/mol. The average Bonchev–Trinajstić information content (AvgIpc) is 2.75. The molecule has 0 atom stereocenters. The van der Waals surface area contributed by atoms with Crippen molar-refractivity contribution in [3.63, 3.8) is 0 Å². The van der Waals surface area contributed by atoms with Gasteiger partial charge in [0.15, 0.2) is 0 Å². The lowest BCUT2D eigenvalue weighted by Crippen LogP contribution is -2.23. The predicted octanol–water partition coefficient (Wildman–Crippen LogP) is 3.85. The number of benzene rings is 1. The molecule has 1 heterocycles. The van der Waals surface area contributed by atoms with E-state index in [0.717, 1.165) is 0 Å². The first-order chi connectivity index (χ1) is 9.75. The largest absolute Gasteiger partial charge is 0.269 e. The first-order valence-corrected chi connectivity index (χ1v) is 6.99. The van der Waals surface area contributed by atoms with Crippen LogP contribution in [0, 0.1) is 21.4 Å². The molecule has 2 aromatic rings. The van der Waals surface area contributed by atoms with E-state index in [2.05, 4.69) is 27.1 Å². The Morgan fingerprint density at radius 2 is 1.90 bits per heavy atom. The fraction of sp³-hybridized carbons (Fsp3) is 0.286. The van der Waals surface area contributed by atoms with Gasteiger partial charge in [-0.2, -0.15) is 10.4 Å². The number of halogens is 1. The fourth-order valence-corrected chi connectivity index (χ4v) is 2.77. The number of hydrogen-bond donors (Lipinski definition) is 0. The summed E-state index contributed by atoms with van der Waals surface area (Å²) < 4.78 is 2.33. The van der Waals surface area contributed by atoms with Gasteiger partial charge in [-0.05, 0) is 48.8 Å². The van der Waals surface area contributed by atoms with E-state index >= 15 is 0 Å². The molecule has 0 radical (unpaired) electrons. The third-order valence-electron chi connectivity index (χ3n) is 2.93. The first kappa shape index (κ1) is 15.2. The van der Waals surface area contributed by atoms with Gasteiger partial charge >= 0.3 is 0 Å². The summed E-state index contributed by atoms with van der Waals surface area (Å²) in [5.74, 6) is 0. The second-order valence-corrected chi connectivity index (χ2v) is 6.26. The van der Waals surface area contributed by atoms with Crippen LogP contribution in [-0.2, 0) is 5.54 Å². The van der Waals surface area contributed by atoms with Crippen LogP contribution in [0.4, 0.5) is 5.69 Å². The molecule has 21 heavy (non-hydrogen) atoms. The van der Waals surface area contributed by atoms with Crippen molar-refractivity contribution in [2.45, 2.75) is 26.3 Å². The van der Waals surface area contributed by atoms with Crippen molar-refractivity contribution in [3.8, 4) is 17.3 Å². The molecule has 0 fully saturated rings. The summed E-state index contributed by atoms with van der Waals surface area (Å²) >= 11 is 3.40. The highest BCUT2D eigenvalue weighted by Gasteiger charge is 2.24. The molecule has 1 aromatic carbocycles. The molecule has 0 N–H and O–H groups in total. The van der Waals surface area contributed by atoms with Gasteiger partial charge in [-0.15, -0.1) is 0 Å². The number of nitro groups is 1. The molecule has 0 unspecified atom stereocenters. The number of nitro benzene ring substituents is 1. The van der Waals surface area contributed by atoms with Crippen LogP contribution in [0.5, 0.6) is 0 Å². The predicted molar refractivity (Wildman–Crippen MR) is 81.7 cm³/mol. The molecule has 0 aliphatic carbocycles. The zero-order chi connectivity index (χ0) is 15.8. The molecule has 6 nitrogen and oxygen atoms in total. The molecule has 0 saturated carbocycles. The Labute approximate surface area is 130 Å². The van der Waals surface area contributed by atoms with E-state index in [1.165, 1.54) is 12.1 Å². The molecule has 108 valence electrons. The summed E-state index contributed by atoms with van der Waals surface area (Å²) in [4.78, 5) is 10.2. The average molecular weight is 349 g/mol. The lowest BCUT2D eigenvalue weighted by molar-refractivity contribution is -0.384. The van der Waals surface area contributed by atoms with Gasteiger partial charge in [0.25, 0.3) is 5.69 Å². The number of non-ortho nitro benzene ring substituents is 1. The van der Waals surface area contributed by atoms with Crippen LogP contribution >= 0.6 is 15.9 Å². The molecule has 0 spiro atoms. The Bertz CT molecular complexity index is 736. The van der Waals surface area contributed by atoms with Crippen LogP contribution in [0.25, 0.3) is 11.3 Å².